The molecular formula is C17H24O4. The van der Waals surface area contributed by atoms with Crippen molar-refractivity contribution < 1.29 is 19.0 Å². The molecule has 1 heterocycles. The van der Waals surface area contributed by atoms with E-state index in [0.717, 1.165) is 25.7 Å². The van der Waals surface area contributed by atoms with Gasteiger partial charge in [0.15, 0.2) is 17.3 Å². The van der Waals surface area contributed by atoms with Crippen LogP contribution in [0.25, 0.3) is 0 Å². The fraction of sp³-hybridized carbons (Fsp3) is 0.588. The van der Waals surface area contributed by atoms with E-state index in [1.807, 2.05) is 0 Å². The van der Waals surface area contributed by atoms with E-state index >= 15 is 0 Å². The number of fused-ring (bicyclic) bond motifs is 1. The largest absolute Gasteiger partial charge is 0.493 e. The lowest BCUT2D eigenvalue weighted by Gasteiger charge is -2.38. The standard InChI is InChI=1S/C17H24O4/c1-5-7-17(8-6-2)11-13(18)12-9-15(19-3)16(20-4)10-14(12)21-17/h9-10H,5-8,11H2,1-4H3. The summed E-state index contributed by atoms with van der Waals surface area (Å²) < 4.78 is 16.8. The molecule has 0 atom stereocenters. The Morgan fingerprint density at radius 2 is 1.67 bits per heavy atom. The summed E-state index contributed by atoms with van der Waals surface area (Å²) in [5.74, 6) is 1.89. The molecule has 0 aliphatic carbocycles. The van der Waals surface area contributed by atoms with Crippen LogP contribution >= 0.6 is 0 Å². The summed E-state index contributed by atoms with van der Waals surface area (Å²) in [6.07, 6.45) is 4.21. The fourth-order valence-corrected chi connectivity index (χ4v) is 3.13. The predicted octanol–water partition coefficient (Wildman–Crippen LogP) is 4.01. The van der Waals surface area contributed by atoms with E-state index in [4.69, 9.17) is 14.2 Å². The lowest BCUT2D eigenvalue weighted by molar-refractivity contribution is 0.0268. The Morgan fingerprint density at radius 3 is 2.19 bits per heavy atom. The van der Waals surface area contributed by atoms with E-state index in [1.165, 1.54) is 0 Å². The molecular weight excluding hydrogens is 268 g/mol. The van der Waals surface area contributed by atoms with Gasteiger partial charge >= 0.3 is 0 Å². The summed E-state index contributed by atoms with van der Waals surface area (Å²) in [6, 6.07) is 3.49. The first-order chi connectivity index (χ1) is 10.1. The van der Waals surface area contributed by atoms with Crippen molar-refractivity contribution in [2.45, 2.75) is 51.6 Å². The van der Waals surface area contributed by atoms with Crippen LogP contribution in [0.3, 0.4) is 0 Å². The molecule has 0 saturated carbocycles. The van der Waals surface area contributed by atoms with Crippen LogP contribution in [0.5, 0.6) is 17.2 Å². The minimum Gasteiger partial charge on any atom is -0.493 e. The second-order valence-electron chi connectivity index (χ2n) is 5.59. The highest BCUT2D eigenvalue weighted by molar-refractivity contribution is 6.01. The van der Waals surface area contributed by atoms with Gasteiger partial charge in [0.1, 0.15) is 11.4 Å². The van der Waals surface area contributed by atoms with Crippen LogP contribution in [0.4, 0.5) is 0 Å². The summed E-state index contributed by atoms with van der Waals surface area (Å²) in [5, 5.41) is 0. The maximum atomic E-state index is 12.5. The Kier molecular flexibility index (Phi) is 4.76. The summed E-state index contributed by atoms with van der Waals surface area (Å²) >= 11 is 0. The molecule has 0 N–H and O–H groups in total. The van der Waals surface area contributed by atoms with Crippen LogP contribution in [0.15, 0.2) is 12.1 Å². The van der Waals surface area contributed by atoms with Crippen LogP contribution in [-0.2, 0) is 0 Å². The molecule has 0 aromatic heterocycles. The zero-order chi connectivity index (χ0) is 15.5. The first-order valence-corrected chi connectivity index (χ1v) is 7.57. The van der Waals surface area contributed by atoms with Crippen molar-refractivity contribution in [3.05, 3.63) is 17.7 Å². The topological polar surface area (TPSA) is 44.8 Å². The molecule has 0 spiro atoms. The van der Waals surface area contributed by atoms with Crippen molar-refractivity contribution in [1.29, 1.82) is 0 Å². The molecule has 0 saturated heterocycles. The highest BCUT2D eigenvalue weighted by Gasteiger charge is 2.39. The molecule has 21 heavy (non-hydrogen) atoms. The summed E-state index contributed by atoms with van der Waals surface area (Å²) in [5.41, 5.74) is 0.225. The number of benzene rings is 1. The lowest BCUT2D eigenvalue weighted by atomic mass is 9.83. The molecule has 4 heteroatoms. The highest BCUT2D eigenvalue weighted by Crippen LogP contribution is 2.43. The number of ketones is 1. The normalized spacial score (nSPS) is 16.1. The van der Waals surface area contributed by atoms with Gasteiger partial charge in [-0.05, 0) is 18.9 Å². The van der Waals surface area contributed by atoms with Crippen LogP contribution in [0, 0.1) is 0 Å². The van der Waals surface area contributed by atoms with Gasteiger partial charge in [0, 0.05) is 6.07 Å². The third-order valence-corrected chi connectivity index (χ3v) is 4.01. The average Bonchev–Trinajstić information content (AvgIpc) is 2.46. The van der Waals surface area contributed by atoms with Crippen molar-refractivity contribution in [2.75, 3.05) is 14.2 Å². The minimum absolute atomic E-state index is 0.124. The highest BCUT2D eigenvalue weighted by atomic mass is 16.5. The zero-order valence-electron chi connectivity index (χ0n) is 13.3. The Hall–Kier alpha value is -1.71. The van der Waals surface area contributed by atoms with Crippen molar-refractivity contribution >= 4 is 5.78 Å². The van der Waals surface area contributed by atoms with E-state index < -0.39 is 0 Å². The number of methoxy groups -OCH3 is 2. The van der Waals surface area contributed by atoms with Gasteiger partial charge in [0.2, 0.25) is 0 Å². The van der Waals surface area contributed by atoms with E-state index in [9.17, 15) is 4.79 Å². The minimum atomic E-state index is -0.368. The first-order valence-electron chi connectivity index (χ1n) is 7.57. The number of carbonyl (C=O) groups is 1. The first kappa shape index (κ1) is 15.7. The molecule has 2 rings (SSSR count). The Labute approximate surface area is 126 Å². The number of ether oxygens (including phenoxy) is 3. The molecule has 1 aliphatic rings. The molecule has 0 amide bonds. The van der Waals surface area contributed by atoms with Crippen molar-refractivity contribution in [2.24, 2.45) is 0 Å². The molecule has 1 aromatic carbocycles. The molecule has 4 nitrogen and oxygen atoms in total. The summed E-state index contributed by atoms with van der Waals surface area (Å²) in [6.45, 7) is 4.24. The number of hydrogen-bond acceptors (Lipinski definition) is 4. The molecule has 116 valence electrons. The van der Waals surface area contributed by atoms with Gasteiger partial charge in [-0.15, -0.1) is 0 Å². The average molecular weight is 292 g/mol. The summed E-state index contributed by atoms with van der Waals surface area (Å²) in [7, 11) is 3.15. The molecule has 1 aliphatic heterocycles. The van der Waals surface area contributed by atoms with Crippen LogP contribution in [0.2, 0.25) is 0 Å². The van der Waals surface area contributed by atoms with E-state index in [0.29, 0.717) is 29.2 Å². The van der Waals surface area contributed by atoms with E-state index in [2.05, 4.69) is 13.8 Å². The number of Topliss-reactive ketones (excluding diaryl/α,β-unsaturated/α-hetero) is 1. The smallest absolute Gasteiger partial charge is 0.170 e. The van der Waals surface area contributed by atoms with E-state index in [1.54, 1.807) is 26.4 Å². The lowest BCUT2D eigenvalue weighted by Crippen LogP contribution is -2.42. The van der Waals surface area contributed by atoms with Gasteiger partial charge in [0.05, 0.1) is 26.2 Å². The van der Waals surface area contributed by atoms with Crippen LogP contribution < -0.4 is 14.2 Å². The predicted molar refractivity (Wildman–Crippen MR) is 81.7 cm³/mol. The second kappa shape index (κ2) is 6.37. The third-order valence-electron chi connectivity index (χ3n) is 4.01. The van der Waals surface area contributed by atoms with Crippen LogP contribution in [-0.4, -0.2) is 25.6 Å². The summed E-state index contributed by atoms with van der Waals surface area (Å²) in [4.78, 5) is 12.5. The molecule has 0 radical (unpaired) electrons. The van der Waals surface area contributed by atoms with Crippen LogP contribution in [0.1, 0.15) is 56.3 Å². The maximum Gasteiger partial charge on any atom is 0.170 e. The molecule has 0 unspecified atom stereocenters. The van der Waals surface area contributed by atoms with Crippen molar-refractivity contribution in [3.8, 4) is 17.2 Å². The fourth-order valence-electron chi connectivity index (χ4n) is 3.13. The Morgan fingerprint density at radius 1 is 1.10 bits per heavy atom. The van der Waals surface area contributed by atoms with Crippen molar-refractivity contribution in [1.82, 2.24) is 0 Å². The van der Waals surface area contributed by atoms with Gasteiger partial charge in [-0.25, -0.2) is 0 Å². The van der Waals surface area contributed by atoms with Gasteiger partial charge in [0.25, 0.3) is 0 Å². The van der Waals surface area contributed by atoms with Gasteiger partial charge in [-0.3, -0.25) is 4.79 Å². The number of hydrogen-bond donors (Lipinski definition) is 0. The Bertz CT molecular complexity index is 516. The van der Waals surface area contributed by atoms with Gasteiger partial charge < -0.3 is 14.2 Å². The zero-order valence-corrected chi connectivity index (χ0v) is 13.3. The monoisotopic (exact) mass is 292 g/mol. The third kappa shape index (κ3) is 2.99. The quantitative estimate of drug-likeness (QED) is 0.794. The van der Waals surface area contributed by atoms with Gasteiger partial charge in [-0.1, -0.05) is 26.7 Å². The SMILES string of the molecule is CCCC1(CCC)CC(=O)c2cc(OC)c(OC)cc2O1. The van der Waals surface area contributed by atoms with Gasteiger partial charge in [-0.2, -0.15) is 0 Å². The maximum absolute atomic E-state index is 12.5. The molecule has 1 aromatic rings. The molecule has 0 fully saturated rings. The second-order valence-corrected chi connectivity index (χ2v) is 5.59. The van der Waals surface area contributed by atoms with Crippen molar-refractivity contribution in [3.63, 3.8) is 0 Å². The Balaban J connectivity index is 2.44. The molecule has 0 bridgehead atoms. The van der Waals surface area contributed by atoms with E-state index in [-0.39, 0.29) is 11.4 Å². The number of rotatable bonds is 6. The number of carbonyl (C=O) groups excluding carboxylic acids is 1.